The summed E-state index contributed by atoms with van der Waals surface area (Å²) in [5, 5.41) is 0. The van der Waals surface area contributed by atoms with E-state index in [-0.39, 0.29) is 16.8 Å². The van der Waals surface area contributed by atoms with Crippen LogP contribution >= 0.6 is 0 Å². The molecule has 0 aliphatic carbocycles. The summed E-state index contributed by atoms with van der Waals surface area (Å²) in [6, 6.07) is 8.57. The van der Waals surface area contributed by atoms with Gasteiger partial charge in [-0.2, -0.15) is 0 Å². The number of carbonyl (C=O) groups excluding carboxylic acids is 1. The Kier molecular flexibility index (Phi) is 6.01. The van der Waals surface area contributed by atoms with Gasteiger partial charge in [0.15, 0.2) is 0 Å². The smallest absolute Gasteiger partial charge is 0.257 e. The van der Waals surface area contributed by atoms with Crippen LogP contribution in [0.2, 0.25) is 0 Å². The van der Waals surface area contributed by atoms with Crippen LogP contribution < -0.4 is 4.72 Å². The standard InChI is InChI=1S/C20H26N2O4S/c1-3-15(2)16-4-6-19(7-5-16)27(24,25)21-18-8-11-22(12-9-18)20(23)17-10-13-26-14-17/h4-7,10,13-15,18,21H,3,8-9,11-12H2,1-2H3. The third-order valence-corrected chi connectivity index (χ3v) is 6.78. The Labute approximate surface area is 160 Å². The first-order chi connectivity index (χ1) is 12.9. The lowest BCUT2D eigenvalue weighted by molar-refractivity contribution is 0.0710. The van der Waals surface area contributed by atoms with Crippen molar-refractivity contribution in [2.75, 3.05) is 13.1 Å². The number of nitrogens with one attached hydrogen (secondary N) is 1. The molecule has 1 unspecified atom stereocenters. The number of sulfonamides is 1. The van der Waals surface area contributed by atoms with Gasteiger partial charge < -0.3 is 9.32 Å². The topological polar surface area (TPSA) is 79.6 Å². The summed E-state index contributed by atoms with van der Waals surface area (Å²) in [5.74, 6) is 0.331. The molecular weight excluding hydrogens is 364 g/mol. The van der Waals surface area contributed by atoms with Gasteiger partial charge in [-0.15, -0.1) is 0 Å². The number of rotatable bonds is 6. The van der Waals surface area contributed by atoms with Crippen molar-refractivity contribution in [3.05, 3.63) is 54.0 Å². The van der Waals surface area contributed by atoms with E-state index in [0.29, 0.717) is 37.4 Å². The van der Waals surface area contributed by atoms with E-state index < -0.39 is 10.0 Å². The third kappa shape index (κ3) is 4.59. The van der Waals surface area contributed by atoms with Gasteiger partial charge >= 0.3 is 0 Å². The molecule has 1 atom stereocenters. The van der Waals surface area contributed by atoms with E-state index in [1.54, 1.807) is 23.1 Å². The second-order valence-electron chi connectivity index (χ2n) is 7.08. The quantitative estimate of drug-likeness (QED) is 0.820. The van der Waals surface area contributed by atoms with Gasteiger partial charge in [0, 0.05) is 19.1 Å². The molecule has 1 saturated heterocycles. The lowest BCUT2D eigenvalue weighted by atomic mass is 9.99. The molecule has 2 aromatic rings. The van der Waals surface area contributed by atoms with E-state index in [1.807, 2.05) is 12.1 Å². The molecule has 0 radical (unpaired) electrons. The average Bonchev–Trinajstić information content (AvgIpc) is 3.22. The number of carbonyl (C=O) groups is 1. The Morgan fingerprint density at radius 3 is 2.44 bits per heavy atom. The highest BCUT2D eigenvalue weighted by atomic mass is 32.2. The maximum absolute atomic E-state index is 12.6. The number of amides is 1. The Hall–Kier alpha value is -2.12. The zero-order chi connectivity index (χ0) is 19.4. The van der Waals surface area contributed by atoms with Gasteiger partial charge in [0.1, 0.15) is 6.26 Å². The molecule has 0 spiro atoms. The molecule has 3 rings (SSSR count). The van der Waals surface area contributed by atoms with Gasteiger partial charge in [-0.1, -0.05) is 26.0 Å². The van der Waals surface area contributed by atoms with Gasteiger partial charge in [-0.3, -0.25) is 4.79 Å². The minimum absolute atomic E-state index is 0.0781. The maximum Gasteiger partial charge on any atom is 0.257 e. The molecule has 2 heterocycles. The second kappa shape index (κ2) is 8.27. The highest BCUT2D eigenvalue weighted by Gasteiger charge is 2.27. The normalized spacial score (nSPS) is 17.0. The molecule has 1 fully saturated rings. The number of hydrogen-bond acceptors (Lipinski definition) is 4. The van der Waals surface area contributed by atoms with Crippen LogP contribution in [0.4, 0.5) is 0 Å². The van der Waals surface area contributed by atoms with Crippen molar-refractivity contribution >= 4 is 15.9 Å². The van der Waals surface area contributed by atoms with Crippen LogP contribution in [0.3, 0.4) is 0 Å². The van der Waals surface area contributed by atoms with Crippen molar-refractivity contribution in [2.45, 2.75) is 50.0 Å². The van der Waals surface area contributed by atoms with Crippen LogP contribution in [0.5, 0.6) is 0 Å². The molecule has 0 saturated carbocycles. The minimum Gasteiger partial charge on any atom is -0.472 e. The maximum atomic E-state index is 12.6. The highest BCUT2D eigenvalue weighted by Crippen LogP contribution is 2.21. The summed E-state index contributed by atoms with van der Waals surface area (Å²) in [6.07, 6.45) is 5.10. The molecule has 27 heavy (non-hydrogen) atoms. The van der Waals surface area contributed by atoms with Crippen LogP contribution in [0.15, 0.2) is 52.2 Å². The number of piperidine rings is 1. The Bertz CT molecular complexity index is 852. The summed E-state index contributed by atoms with van der Waals surface area (Å²) in [5.41, 5.74) is 1.66. The van der Waals surface area contributed by atoms with Crippen molar-refractivity contribution in [1.82, 2.24) is 9.62 Å². The molecule has 1 aromatic carbocycles. The largest absolute Gasteiger partial charge is 0.472 e. The van der Waals surface area contributed by atoms with Crippen LogP contribution in [-0.4, -0.2) is 38.4 Å². The summed E-state index contributed by atoms with van der Waals surface area (Å²) in [6.45, 7) is 5.27. The number of nitrogens with zero attached hydrogens (tertiary/aromatic N) is 1. The summed E-state index contributed by atoms with van der Waals surface area (Å²) < 4.78 is 33.0. The predicted octanol–water partition coefficient (Wildman–Crippen LogP) is 3.38. The molecule has 0 bridgehead atoms. The lowest BCUT2D eigenvalue weighted by Crippen LogP contribution is -2.46. The Balaban J connectivity index is 1.58. The van der Waals surface area contributed by atoms with Crippen LogP contribution in [-0.2, 0) is 10.0 Å². The van der Waals surface area contributed by atoms with E-state index in [4.69, 9.17) is 4.42 Å². The monoisotopic (exact) mass is 390 g/mol. The third-order valence-electron chi connectivity index (χ3n) is 5.24. The fourth-order valence-corrected chi connectivity index (χ4v) is 4.57. The number of furan rings is 1. The van der Waals surface area contributed by atoms with Crippen molar-refractivity contribution in [3.8, 4) is 0 Å². The molecule has 1 N–H and O–H groups in total. The first-order valence-corrected chi connectivity index (χ1v) is 10.8. The number of likely N-dealkylation sites (tertiary alicyclic amines) is 1. The summed E-state index contributed by atoms with van der Waals surface area (Å²) in [4.78, 5) is 14.3. The second-order valence-corrected chi connectivity index (χ2v) is 8.79. The van der Waals surface area contributed by atoms with Gasteiger partial charge in [-0.05, 0) is 48.9 Å². The zero-order valence-corrected chi connectivity index (χ0v) is 16.5. The molecule has 1 amide bonds. The molecule has 6 nitrogen and oxygen atoms in total. The molecule has 1 aliphatic heterocycles. The van der Waals surface area contributed by atoms with Crippen molar-refractivity contribution in [1.29, 1.82) is 0 Å². The molecule has 1 aliphatic rings. The van der Waals surface area contributed by atoms with Gasteiger partial charge in [0.25, 0.3) is 5.91 Å². The average molecular weight is 391 g/mol. The fourth-order valence-electron chi connectivity index (χ4n) is 3.27. The van der Waals surface area contributed by atoms with Crippen molar-refractivity contribution < 1.29 is 17.6 Å². The molecule has 1 aromatic heterocycles. The first-order valence-electron chi connectivity index (χ1n) is 9.34. The van der Waals surface area contributed by atoms with Crippen LogP contribution in [0.25, 0.3) is 0 Å². The Morgan fingerprint density at radius 1 is 1.22 bits per heavy atom. The molecular formula is C20H26N2O4S. The lowest BCUT2D eigenvalue weighted by Gasteiger charge is -2.32. The van der Waals surface area contributed by atoms with Gasteiger partial charge in [-0.25, -0.2) is 13.1 Å². The van der Waals surface area contributed by atoms with Gasteiger partial charge in [0.2, 0.25) is 10.0 Å². The molecule has 7 heteroatoms. The van der Waals surface area contributed by atoms with Crippen LogP contribution in [0, 0.1) is 0 Å². The van der Waals surface area contributed by atoms with Crippen LogP contribution in [0.1, 0.15) is 54.9 Å². The van der Waals surface area contributed by atoms with E-state index in [9.17, 15) is 13.2 Å². The predicted molar refractivity (Wildman–Crippen MR) is 103 cm³/mol. The van der Waals surface area contributed by atoms with E-state index in [1.165, 1.54) is 12.5 Å². The van der Waals surface area contributed by atoms with E-state index in [0.717, 1.165) is 12.0 Å². The zero-order valence-electron chi connectivity index (χ0n) is 15.7. The minimum atomic E-state index is -3.56. The fraction of sp³-hybridized carbons (Fsp3) is 0.450. The number of benzene rings is 1. The first kappa shape index (κ1) is 19.6. The number of hydrogen-bond donors (Lipinski definition) is 1. The highest BCUT2D eigenvalue weighted by molar-refractivity contribution is 7.89. The van der Waals surface area contributed by atoms with Crippen molar-refractivity contribution in [2.24, 2.45) is 0 Å². The van der Waals surface area contributed by atoms with Gasteiger partial charge in [0.05, 0.1) is 16.7 Å². The SMILES string of the molecule is CCC(C)c1ccc(S(=O)(=O)NC2CCN(C(=O)c3ccoc3)CC2)cc1. The Morgan fingerprint density at radius 2 is 1.89 bits per heavy atom. The molecule has 146 valence electrons. The van der Waals surface area contributed by atoms with E-state index in [2.05, 4.69) is 18.6 Å². The summed E-state index contributed by atoms with van der Waals surface area (Å²) >= 11 is 0. The van der Waals surface area contributed by atoms with E-state index >= 15 is 0 Å². The van der Waals surface area contributed by atoms with Crippen molar-refractivity contribution in [3.63, 3.8) is 0 Å². The summed E-state index contributed by atoms with van der Waals surface area (Å²) in [7, 11) is -3.56.